The molecule has 2 aromatic carbocycles. The van der Waals surface area contributed by atoms with Crippen LogP contribution in [0.3, 0.4) is 0 Å². The molecule has 152 valence electrons. The van der Waals surface area contributed by atoms with Crippen LogP contribution in [-0.4, -0.2) is 43.6 Å². The van der Waals surface area contributed by atoms with E-state index < -0.39 is 0 Å². The van der Waals surface area contributed by atoms with E-state index in [1.807, 2.05) is 49.5 Å². The lowest BCUT2D eigenvalue weighted by Gasteiger charge is -2.09. The van der Waals surface area contributed by atoms with Crippen molar-refractivity contribution in [3.63, 3.8) is 0 Å². The van der Waals surface area contributed by atoms with Gasteiger partial charge in [-0.15, -0.1) is 0 Å². The topological polar surface area (TPSA) is 74.6 Å². The summed E-state index contributed by atoms with van der Waals surface area (Å²) in [6.45, 7) is 0.485. The summed E-state index contributed by atoms with van der Waals surface area (Å²) in [5.41, 5.74) is 3.19. The number of ether oxygens (including phenoxy) is 3. The molecule has 0 aliphatic carbocycles. The van der Waals surface area contributed by atoms with Crippen LogP contribution in [0.1, 0.15) is 16.1 Å². The Labute approximate surface area is 170 Å². The molecule has 1 heterocycles. The van der Waals surface area contributed by atoms with Crippen molar-refractivity contribution >= 4 is 5.91 Å². The maximum absolute atomic E-state index is 12.5. The van der Waals surface area contributed by atoms with Crippen molar-refractivity contribution in [2.75, 3.05) is 27.9 Å². The van der Waals surface area contributed by atoms with Gasteiger partial charge in [0.05, 0.1) is 27.0 Å². The molecular formula is C22H25N3O4. The van der Waals surface area contributed by atoms with E-state index >= 15 is 0 Å². The van der Waals surface area contributed by atoms with Crippen LogP contribution < -0.4 is 19.5 Å². The number of aryl methyl sites for hydroxylation is 1. The number of aromatic nitrogens is 2. The van der Waals surface area contributed by atoms with E-state index in [2.05, 4.69) is 10.4 Å². The van der Waals surface area contributed by atoms with Gasteiger partial charge in [-0.05, 0) is 42.3 Å². The third-order valence-corrected chi connectivity index (χ3v) is 4.63. The van der Waals surface area contributed by atoms with E-state index in [0.29, 0.717) is 30.2 Å². The van der Waals surface area contributed by atoms with Crippen LogP contribution in [-0.2, 0) is 13.5 Å². The minimum atomic E-state index is -0.213. The van der Waals surface area contributed by atoms with Crippen LogP contribution in [0, 0.1) is 0 Å². The molecule has 7 nitrogen and oxygen atoms in total. The molecule has 0 atom stereocenters. The summed E-state index contributed by atoms with van der Waals surface area (Å²) in [7, 11) is 6.64. The zero-order valence-corrected chi connectivity index (χ0v) is 17.1. The number of amides is 1. The molecule has 1 aromatic heterocycles. The molecule has 0 fully saturated rings. The standard InChI is InChI=1S/C22H25N3O4/c1-25-19(16-6-5-7-17(13-16)27-2)14-18(24-25)22(26)23-11-10-15-8-9-20(28-3)21(12-15)29-4/h5-9,12-14H,10-11H2,1-4H3,(H,23,26). The number of benzene rings is 2. The van der Waals surface area contributed by atoms with Gasteiger partial charge in [-0.1, -0.05) is 18.2 Å². The molecule has 0 saturated carbocycles. The molecule has 0 bridgehead atoms. The molecule has 0 spiro atoms. The number of hydrogen-bond acceptors (Lipinski definition) is 5. The van der Waals surface area contributed by atoms with Gasteiger partial charge in [0.1, 0.15) is 5.75 Å². The van der Waals surface area contributed by atoms with Gasteiger partial charge in [-0.3, -0.25) is 9.48 Å². The van der Waals surface area contributed by atoms with E-state index in [9.17, 15) is 4.79 Å². The Balaban J connectivity index is 1.64. The summed E-state index contributed by atoms with van der Waals surface area (Å²) in [6.07, 6.45) is 0.668. The number of hydrogen-bond donors (Lipinski definition) is 1. The number of nitrogens with zero attached hydrogens (tertiary/aromatic N) is 2. The van der Waals surface area contributed by atoms with Crippen LogP contribution in [0.5, 0.6) is 17.2 Å². The molecule has 7 heteroatoms. The second-order valence-corrected chi connectivity index (χ2v) is 6.47. The summed E-state index contributed by atoms with van der Waals surface area (Å²) < 4.78 is 17.5. The van der Waals surface area contributed by atoms with Gasteiger partial charge in [-0.25, -0.2) is 0 Å². The Morgan fingerprint density at radius 3 is 2.52 bits per heavy atom. The number of carbonyl (C=O) groups is 1. The maximum atomic E-state index is 12.5. The van der Waals surface area contributed by atoms with Crippen molar-refractivity contribution < 1.29 is 19.0 Å². The fraction of sp³-hybridized carbons (Fsp3) is 0.273. The van der Waals surface area contributed by atoms with E-state index in [4.69, 9.17) is 14.2 Å². The minimum absolute atomic E-state index is 0.213. The largest absolute Gasteiger partial charge is 0.497 e. The van der Waals surface area contributed by atoms with E-state index in [1.54, 1.807) is 32.1 Å². The van der Waals surface area contributed by atoms with Crippen molar-refractivity contribution in [2.45, 2.75) is 6.42 Å². The highest BCUT2D eigenvalue weighted by atomic mass is 16.5. The van der Waals surface area contributed by atoms with Crippen LogP contribution in [0.4, 0.5) is 0 Å². The highest BCUT2D eigenvalue weighted by molar-refractivity contribution is 5.93. The first-order valence-electron chi connectivity index (χ1n) is 9.23. The lowest BCUT2D eigenvalue weighted by Crippen LogP contribution is -2.26. The summed E-state index contributed by atoms with van der Waals surface area (Å²) in [5, 5.41) is 7.26. The van der Waals surface area contributed by atoms with Crippen molar-refractivity contribution in [1.82, 2.24) is 15.1 Å². The molecule has 0 radical (unpaired) electrons. The van der Waals surface area contributed by atoms with Gasteiger partial charge >= 0.3 is 0 Å². The average Bonchev–Trinajstić information content (AvgIpc) is 3.15. The Morgan fingerprint density at radius 1 is 1.00 bits per heavy atom. The molecule has 29 heavy (non-hydrogen) atoms. The van der Waals surface area contributed by atoms with Gasteiger partial charge in [-0.2, -0.15) is 5.10 Å². The quantitative estimate of drug-likeness (QED) is 0.634. The second-order valence-electron chi connectivity index (χ2n) is 6.47. The first kappa shape index (κ1) is 20.3. The highest BCUT2D eigenvalue weighted by Crippen LogP contribution is 2.27. The third kappa shape index (κ3) is 4.68. The van der Waals surface area contributed by atoms with Crippen LogP contribution in [0.25, 0.3) is 11.3 Å². The summed E-state index contributed by atoms with van der Waals surface area (Å²) >= 11 is 0. The van der Waals surface area contributed by atoms with Crippen LogP contribution in [0.15, 0.2) is 48.5 Å². The van der Waals surface area contributed by atoms with E-state index in [1.165, 1.54) is 0 Å². The fourth-order valence-electron chi connectivity index (χ4n) is 3.08. The smallest absolute Gasteiger partial charge is 0.271 e. The average molecular weight is 395 g/mol. The molecule has 0 aliphatic rings. The van der Waals surface area contributed by atoms with Gasteiger partial charge in [0.25, 0.3) is 5.91 Å². The zero-order valence-electron chi connectivity index (χ0n) is 17.1. The second kappa shape index (κ2) is 9.14. The van der Waals surface area contributed by atoms with Gasteiger partial charge < -0.3 is 19.5 Å². The molecule has 3 rings (SSSR count). The normalized spacial score (nSPS) is 10.5. The zero-order chi connectivity index (χ0) is 20.8. The lowest BCUT2D eigenvalue weighted by atomic mass is 10.1. The Bertz CT molecular complexity index is 997. The molecule has 3 aromatic rings. The Kier molecular flexibility index (Phi) is 6.39. The number of nitrogens with one attached hydrogen (secondary N) is 1. The first-order chi connectivity index (χ1) is 14.0. The SMILES string of the molecule is COc1cccc(-c2cc(C(=O)NCCc3ccc(OC)c(OC)c3)nn2C)c1. The van der Waals surface area contributed by atoms with Gasteiger partial charge in [0, 0.05) is 19.2 Å². The summed E-state index contributed by atoms with van der Waals surface area (Å²) in [5.74, 6) is 1.89. The van der Waals surface area contributed by atoms with Crippen LogP contribution in [0.2, 0.25) is 0 Å². The lowest BCUT2D eigenvalue weighted by molar-refractivity contribution is 0.0948. The fourth-order valence-corrected chi connectivity index (χ4v) is 3.08. The number of rotatable bonds is 8. The molecule has 1 N–H and O–H groups in total. The van der Waals surface area contributed by atoms with Crippen molar-refractivity contribution in [3.8, 4) is 28.5 Å². The van der Waals surface area contributed by atoms with Crippen molar-refractivity contribution in [2.24, 2.45) is 7.05 Å². The first-order valence-corrected chi connectivity index (χ1v) is 9.23. The number of methoxy groups -OCH3 is 3. The maximum Gasteiger partial charge on any atom is 0.271 e. The van der Waals surface area contributed by atoms with Gasteiger partial charge in [0.2, 0.25) is 0 Å². The molecular weight excluding hydrogens is 370 g/mol. The minimum Gasteiger partial charge on any atom is -0.497 e. The van der Waals surface area contributed by atoms with Crippen molar-refractivity contribution in [1.29, 1.82) is 0 Å². The summed E-state index contributed by atoms with van der Waals surface area (Å²) in [6, 6.07) is 15.2. The van der Waals surface area contributed by atoms with E-state index in [-0.39, 0.29) is 5.91 Å². The van der Waals surface area contributed by atoms with E-state index in [0.717, 1.165) is 22.6 Å². The molecule has 1 amide bonds. The summed E-state index contributed by atoms with van der Waals surface area (Å²) in [4.78, 5) is 12.5. The van der Waals surface area contributed by atoms with Gasteiger partial charge in [0.15, 0.2) is 17.2 Å². The predicted molar refractivity (Wildman–Crippen MR) is 111 cm³/mol. The van der Waals surface area contributed by atoms with Crippen LogP contribution >= 0.6 is 0 Å². The molecule has 0 aliphatic heterocycles. The monoisotopic (exact) mass is 395 g/mol. The third-order valence-electron chi connectivity index (χ3n) is 4.63. The predicted octanol–water partition coefficient (Wildman–Crippen LogP) is 3.09. The Morgan fingerprint density at radius 2 is 1.79 bits per heavy atom. The highest BCUT2D eigenvalue weighted by Gasteiger charge is 2.14. The molecule has 0 saturated heterocycles. The Hall–Kier alpha value is -3.48. The van der Waals surface area contributed by atoms with Crippen molar-refractivity contribution in [3.05, 3.63) is 59.8 Å². The number of carbonyl (C=O) groups excluding carboxylic acids is 1. The molecule has 0 unspecified atom stereocenters.